The summed E-state index contributed by atoms with van der Waals surface area (Å²) in [5, 5.41) is 13.6. The summed E-state index contributed by atoms with van der Waals surface area (Å²) in [4.78, 5) is 0.163. The van der Waals surface area contributed by atoms with Gasteiger partial charge < -0.3 is 9.84 Å². The Labute approximate surface area is 141 Å². The van der Waals surface area contributed by atoms with E-state index in [4.69, 9.17) is 4.74 Å². The monoisotopic (exact) mass is 355 g/mol. The third kappa shape index (κ3) is 4.78. The summed E-state index contributed by atoms with van der Waals surface area (Å²) in [6.07, 6.45) is 0.0332. The molecule has 0 aliphatic carbocycles. The van der Waals surface area contributed by atoms with Crippen LogP contribution in [0.4, 0.5) is 0 Å². The summed E-state index contributed by atoms with van der Waals surface area (Å²) in [5.74, 6) is 0.684. The molecular weight excluding hydrogens is 334 g/mol. The number of hydrogen-bond acceptors (Lipinski definition) is 5. The molecule has 2 rings (SSSR count). The average Bonchev–Trinajstić information content (AvgIpc) is 3.06. The fourth-order valence-electron chi connectivity index (χ4n) is 2.02. The Morgan fingerprint density at radius 3 is 2.74 bits per heavy atom. The fraction of sp³-hybridized carbons (Fsp3) is 0.375. The predicted molar refractivity (Wildman–Crippen MR) is 91.4 cm³/mol. The van der Waals surface area contributed by atoms with Crippen LogP contribution in [-0.2, 0) is 10.0 Å². The van der Waals surface area contributed by atoms with E-state index in [1.165, 1.54) is 17.4 Å². The molecule has 1 heterocycles. The molecule has 0 aliphatic rings. The molecule has 0 bridgehead atoms. The smallest absolute Gasteiger partial charge is 0.240 e. The maximum Gasteiger partial charge on any atom is 0.240 e. The van der Waals surface area contributed by atoms with Gasteiger partial charge in [-0.15, -0.1) is 0 Å². The lowest BCUT2D eigenvalue weighted by Gasteiger charge is -2.13. The second-order valence-electron chi connectivity index (χ2n) is 5.20. The molecule has 0 saturated heterocycles. The van der Waals surface area contributed by atoms with Crippen LogP contribution in [0, 0.1) is 6.92 Å². The third-order valence-electron chi connectivity index (χ3n) is 3.31. The Morgan fingerprint density at radius 1 is 1.35 bits per heavy atom. The Morgan fingerprint density at radius 2 is 2.13 bits per heavy atom. The van der Waals surface area contributed by atoms with Crippen molar-refractivity contribution in [2.75, 3.05) is 13.2 Å². The van der Waals surface area contributed by atoms with Crippen molar-refractivity contribution < 1.29 is 18.3 Å². The van der Waals surface area contributed by atoms with Crippen molar-refractivity contribution in [3.8, 4) is 5.75 Å². The Balaban J connectivity index is 2.05. The third-order valence-corrected chi connectivity index (χ3v) is 5.44. The average molecular weight is 355 g/mol. The number of aryl methyl sites for hydroxylation is 1. The van der Waals surface area contributed by atoms with Gasteiger partial charge in [-0.25, -0.2) is 13.1 Å². The molecule has 7 heteroatoms. The molecule has 0 spiro atoms. The van der Waals surface area contributed by atoms with E-state index in [-0.39, 0.29) is 11.4 Å². The topological polar surface area (TPSA) is 75.6 Å². The summed E-state index contributed by atoms with van der Waals surface area (Å²) in [6, 6.07) is 6.52. The number of aliphatic hydroxyl groups is 1. The Bertz CT molecular complexity index is 727. The van der Waals surface area contributed by atoms with Gasteiger partial charge in [-0.3, -0.25) is 0 Å². The van der Waals surface area contributed by atoms with Gasteiger partial charge >= 0.3 is 0 Å². The van der Waals surface area contributed by atoms with E-state index in [9.17, 15) is 13.5 Å². The lowest BCUT2D eigenvalue weighted by Crippen LogP contribution is -2.28. The molecule has 0 radical (unpaired) electrons. The summed E-state index contributed by atoms with van der Waals surface area (Å²) in [5.41, 5.74) is 1.47. The summed E-state index contributed by atoms with van der Waals surface area (Å²) >= 11 is 1.46. The number of hydrogen-bond donors (Lipinski definition) is 2. The lowest BCUT2D eigenvalue weighted by atomic mass is 10.2. The molecule has 0 saturated carbocycles. The summed E-state index contributed by atoms with van der Waals surface area (Å²) < 4.78 is 32.6. The standard InChI is InChI=1S/C16H21NO4S2/c1-3-7-21-16-5-4-14(9-12(16)2)23(19,20)17-10-15(18)13-6-8-22-11-13/h4-6,8-9,11,15,17-18H,3,7,10H2,1-2H3/t15-/m0/s1. The first-order valence-electron chi connectivity index (χ1n) is 7.37. The van der Waals surface area contributed by atoms with Gasteiger partial charge in [0, 0.05) is 6.54 Å². The molecule has 0 amide bonds. The molecule has 23 heavy (non-hydrogen) atoms. The zero-order valence-corrected chi connectivity index (χ0v) is 14.8. The van der Waals surface area contributed by atoms with Crippen LogP contribution in [-0.4, -0.2) is 26.7 Å². The van der Waals surface area contributed by atoms with Crippen LogP contribution in [0.1, 0.15) is 30.6 Å². The number of rotatable bonds is 8. The Hall–Kier alpha value is -1.41. The molecule has 1 aromatic heterocycles. The van der Waals surface area contributed by atoms with Crippen LogP contribution in [0.2, 0.25) is 0 Å². The van der Waals surface area contributed by atoms with Gasteiger partial charge in [-0.05, 0) is 59.5 Å². The zero-order chi connectivity index (χ0) is 16.9. The van der Waals surface area contributed by atoms with Crippen molar-refractivity contribution in [2.45, 2.75) is 31.3 Å². The molecule has 5 nitrogen and oxygen atoms in total. The lowest BCUT2D eigenvalue weighted by molar-refractivity contribution is 0.182. The molecule has 1 aromatic carbocycles. The van der Waals surface area contributed by atoms with Gasteiger partial charge in [0.2, 0.25) is 10.0 Å². The van der Waals surface area contributed by atoms with E-state index < -0.39 is 16.1 Å². The summed E-state index contributed by atoms with van der Waals surface area (Å²) in [6.45, 7) is 4.35. The number of sulfonamides is 1. The van der Waals surface area contributed by atoms with Gasteiger partial charge in [-0.2, -0.15) is 11.3 Å². The van der Waals surface area contributed by atoms with E-state index >= 15 is 0 Å². The van der Waals surface area contributed by atoms with E-state index in [0.29, 0.717) is 17.9 Å². The highest BCUT2D eigenvalue weighted by molar-refractivity contribution is 7.89. The highest BCUT2D eigenvalue weighted by Crippen LogP contribution is 2.22. The molecule has 126 valence electrons. The van der Waals surface area contributed by atoms with Crippen LogP contribution in [0.5, 0.6) is 5.75 Å². The van der Waals surface area contributed by atoms with Gasteiger partial charge in [0.15, 0.2) is 0 Å². The number of nitrogens with one attached hydrogen (secondary N) is 1. The SMILES string of the molecule is CCCOc1ccc(S(=O)(=O)NC[C@H](O)c2ccsc2)cc1C. The van der Waals surface area contributed by atoms with Gasteiger partial charge in [0.05, 0.1) is 17.6 Å². The molecule has 0 unspecified atom stereocenters. The second-order valence-corrected chi connectivity index (χ2v) is 7.75. The minimum absolute atomic E-state index is 0.0633. The van der Waals surface area contributed by atoms with Crippen molar-refractivity contribution >= 4 is 21.4 Å². The number of aliphatic hydroxyl groups excluding tert-OH is 1. The van der Waals surface area contributed by atoms with Crippen LogP contribution in [0.15, 0.2) is 39.9 Å². The molecule has 1 atom stereocenters. The van der Waals surface area contributed by atoms with Crippen LogP contribution in [0.3, 0.4) is 0 Å². The van der Waals surface area contributed by atoms with Crippen molar-refractivity contribution in [1.82, 2.24) is 4.72 Å². The first-order chi connectivity index (χ1) is 10.9. The minimum atomic E-state index is -3.67. The summed E-state index contributed by atoms with van der Waals surface area (Å²) in [7, 11) is -3.67. The van der Waals surface area contributed by atoms with Crippen molar-refractivity contribution in [1.29, 1.82) is 0 Å². The minimum Gasteiger partial charge on any atom is -0.493 e. The van der Waals surface area contributed by atoms with Crippen LogP contribution < -0.4 is 9.46 Å². The molecule has 0 fully saturated rings. The maximum atomic E-state index is 12.3. The molecule has 2 aromatic rings. The number of benzene rings is 1. The zero-order valence-electron chi connectivity index (χ0n) is 13.2. The predicted octanol–water partition coefficient (Wildman–Crippen LogP) is 2.86. The van der Waals surface area contributed by atoms with Gasteiger partial charge in [-0.1, -0.05) is 6.92 Å². The van der Waals surface area contributed by atoms with Crippen LogP contribution in [0.25, 0.3) is 0 Å². The van der Waals surface area contributed by atoms with E-state index in [0.717, 1.165) is 12.0 Å². The van der Waals surface area contributed by atoms with Gasteiger partial charge in [0.25, 0.3) is 0 Å². The fourth-order valence-corrected chi connectivity index (χ4v) is 3.85. The van der Waals surface area contributed by atoms with E-state index in [1.54, 1.807) is 23.6 Å². The van der Waals surface area contributed by atoms with E-state index in [1.807, 2.05) is 19.2 Å². The largest absolute Gasteiger partial charge is 0.493 e. The molecule has 2 N–H and O–H groups in total. The van der Waals surface area contributed by atoms with Gasteiger partial charge in [0.1, 0.15) is 5.75 Å². The van der Waals surface area contributed by atoms with E-state index in [2.05, 4.69) is 4.72 Å². The maximum absolute atomic E-state index is 12.3. The molecular formula is C16H21NO4S2. The number of thiophene rings is 1. The quantitative estimate of drug-likeness (QED) is 0.763. The van der Waals surface area contributed by atoms with Crippen LogP contribution >= 0.6 is 11.3 Å². The highest BCUT2D eigenvalue weighted by atomic mass is 32.2. The number of ether oxygens (including phenoxy) is 1. The van der Waals surface area contributed by atoms with Crippen molar-refractivity contribution in [3.05, 3.63) is 46.2 Å². The highest BCUT2D eigenvalue weighted by Gasteiger charge is 2.18. The first-order valence-corrected chi connectivity index (χ1v) is 9.80. The Kier molecular flexibility index (Phi) is 6.17. The van der Waals surface area contributed by atoms with Crippen molar-refractivity contribution in [3.63, 3.8) is 0 Å². The molecule has 0 aliphatic heterocycles. The second kappa shape index (κ2) is 7.92. The van der Waals surface area contributed by atoms with Crippen molar-refractivity contribution in [2.24, 2.45) is 0 Å². The first kappa shape index (κ1) is 17.9. The normalized spacial score (nSPS) is 13.0.